The van der Waals surface area contributed by atoms with E-state index in [1.807, 2.05) is 41.0 Å². The van der Waals surface area contributed by atoms with Gasteiger partial charge in [0.15, 0.2) is 4.80 Å². The fourth-order valence-electron chi connectivity index (χ4n) is 4.37. The summed E-state index contributed by atoms with van der Waals surface area (Å²) in [5.74, 6) is 0. The average Bonchev–Trinajstić information content (AvgIpc) is 3.21. The van der Waals surface area contributed by atoms with Crippen molar-refractivity contribution in [1.82, 2.24) is 4.57 Å². The van der Waals surface area contributed by atoms with E-state index in [2.05, 4.69) is 89.3 Å². The SMILES string of the molecule is CCN(CC)c1ccc(C=c2sc3n(c2=O)C(c2ccc(Br)cc2)C=C(c2ccccc2)N=3)cc1. The third-order valence-electron chi connectivity index (χ3n) is 6.25. The monoisotopic (exact) mass is 543 g/mol. The lowest BCUT2D eigenvalue weighted by Crippen LogP contribution is -2.36. The second-order valence-electron chi connectivity index (χ2n) is 8.36. The smallest absolute Gasteiger partial charge is 0.271 e. The van der Waals surface area contributed by atoms with E-state index in [1.54, 1.807) is 0 Å². The van der Waals surface area contributed by atoms with Crippen LogP contribution >= 0.6 is 27.3 Å². The second kappa shape index (κ2) is 10.2. The number of rotatable bonds is 6. The zero-order valence-corrected chi connectivity index (χ0v) is 22.1. The van der Waals surface area contributed by atoms with Gasteiger partial charge in [-0.1, -0.05) is 81.9 Å². The molecule has 2 heterocycles. The van der Waals surface area contributed by atoms with Crippen molar-refractivity contribution in [3.8, 4) is 0 Å². The molecule has 1 aliphatic heterocycles. The largest absolute Gasteiger partial charge is 0.372 e. The van der Waals surface area contributed by atoms with Crippen LogP contribution in [0.2, 0.25) is 0 Å². The van der Waals surface area contributed by atoms with Gasteiger partial charge in [-0.25, -0.2) is 4.99 Å². The molecule has 3 aromatic carbocycles. The minimum atomic E-state index is -0.221. The van der Waals surface area contributed by atoms with E-state index in [-0.39, 0.29) is 11.6 Å². The van der Waals surface area contributed by atoms with Gasteiger partial charge in [-0.2, -0.15) is 0 Å². The molecule has 0 N–H and O–H groups in total. The average molecular weight is 545 g/mol. The quantitative estimate of drug-likeness (QED) is 0.317. The van der Waals surface area contributed by atoms with Crippen LogP contribution < -0.4 is 19.8 Å². The Morgan fingerprint density at radius 3 is 2.31 bits per heavy atom. The van der Waals surface area contributed by atoms with Crippen molar-refractivity contribution in [2.75, 3.05) is 18.0 Å². The van der Waals surface area contributed by atoms with Crippen LogP contribution in [0.25, 0.3) is 11.8 Å². The Bertz CT molecular complexity index is 1530. The van der Waals surface area contributed by atoms with Crippen molar-refractivity contribution in [2.24, 2.45) is 4.99 Å². The van der Waals surface area contributed by atoms with E-state index in [0.29, 0.717) is 4.53 Å². The lowest BCUT2D eigenvalue weighted by molar-refractivity contribution is 0.644. The molecule has 1 aliphatic rings. The fraction of sp³-hybridized carbons (Fsp3) is 0.172. The van der Waals surface area contributed by atoms with Crippen molar-refractivity contribution in [3.63, 3.8) is 0 Å². The van der Waals surface area contributed by atoms with Gasteiger partial charge in [-0.15, -0.1) is 0 Å². The maximum Gasteiger partial charge on any atom is 0.271 e. The zero-order chi connectivity index (χ0) is 24.4. The number of anilines is 1. The molecule has 0 radical (unpaired) electrons. The number of aromatic nitrogens is 1. The molecule has 0 aliphatic carbocycles. The summed E-state index contributed by atoms with van der Waals surface area (Å²) in [5.41, 5.74) is 5.16. The predicted octanol–water partition coefficient (Wildman–Crippen LogP) is 5.61. The van der Waals surface area contributed by atoms with Crippen molar-refractivity contribution in [1.29, 1.82) is 0 Å². The van der Waals surface area contributed by atoms with Crippen LogP contribution in [0.15, 0.2) is 99.2 Å². The Morgan fingerprint density at radius 1 is 0.971 bits per heavy atom. The number of hydrogen-bond acceptors (Lipinski definition) is 4. The molecule has 1 atom stereocenters. The van der Waals surface area contributed by atoms with Gasteiger partial charge >= 0.3 is 0 Å². The van der Waals surface area contributed by atoms with Crippen LogP contribution in [-0.2, 0) is 0 Å². The molecule has 4 nitrogen and oxygen atoms in total. The maximum atomic E-state index is 13.6. The number of fused-ring (bicyclic) bond motifs is 1. The summed E-state index contributed by atoms with van der Waals surface area (Å²) < 4.78 is 3.51. The Morgan fingerprint density at radius 2 is 1.66 bits per heavy atom. The van der Waals surface area contributed by atoms with Crippen LogP contribution in [0.3, 0.4) is 0 Å². The molecule has 6 heteroatoms. The van der Waals surface area contributed by atoms with Gasteiger partial charge in [-0.05, 0) is 67.0 Å². The molecule has 35 heavy (non-hydrogen) atoms. The highest BCUT2D eigenvalue weighted by atomic mass is 79.9. The second-order valence-corrected chi connectivity index (χ2v) is 10.3. The van der Waals surface area contributed by atoms with E-state index in [0.717, 1.165) is 44.8 Å². The molecule has 1 aromatic heterocycles. The van der Waals surface area contributed by atoms with E-state index < -0.39 is 0 Å². The van der Waals surface area contributed by atoms with Gasteiger partial charge < -0.3 is 4.90 Å². The Balaban J connectivity index is 1.63. The van der Waals surface area contributed by atoms with Gasteiger partial charge in [-0.3, -0.25) is 9.36 Å². The standard InChI is InChI=1S/C29H26BrN3OS/c1-3-32(4-2)24-16-10-20(11-17-24)18-27-28(34)33-26(22-12-14-23(30)15-13-22)19-25(31-29(33)35-27)21-8-6-5-7-9-21/h5-19,26H,3-4H2,1-2H3. The van der Waals surface area contributed by atoms with E-state index >= 15 is 0 Å². The molecular formula is C29H26BrN3OS. The summed E-state index contributed by atoms with van der Waals surface area (Å²) in [7, 11) is 0. The lowest BCUT2D eigenvalue weighted by atomic mass is 10.0. The van der Waals surface area contributed by atoms with Crippen LogP contribution in [-0.4, -0.2) is 17.7 Å². The van der Waals surface area contributed by atoms with E-state index in [1.165, 1.54) is 17.0 Å². The van der Waals surface area contributed by atoms with Crippen molar-refractivity contribution >= 4 is 44.7 Å². The number of nitrogens with zero attached hydrogens (tertiary/aromatic N) is 3. The lowest BCUT2D eigenvalue weighted by Gasteiger charge is -2.20. The van der Waals surface area contributed by atoms with Gasteiger partial charge in [0.2, 0.25) is 0 Å². The molecule has 0 saturated carbocycles. The van der Waals surface area contributed by atoms with Gasteiger partial charge in [0, 0.05) is 23.2 Å². The summed E-state index contributed by atoms with van der Waals surface area (Å²) in [6.07, 6.45) is 4.06. The van der Waals surface area contributed by atoms with Gasteiger partial charge in [0.05, 0.1) is 16.3 Å². The van der Waals surface area contributed by atoms with Crippen molar-refractivity contribution in [2.45, 2.75) is 19.9 Å². The summed E-state index contributed by atoms with van der Waals surface area (Å²) in [4.78, 5) is 21.5. The number of allylic oxidation sites excluding steroid dienone is 1. The van der Waals surface area contributed by atoms with Crippen molar-refractivity contribution in [3.05, 3.63) is 126 Å². The normalized spacial score (nSPS) is 15.3. The van der Waals surface area contributed by atoms with E-state index in [9.17, 15) is 4.79 Å². The number of benzene rings is 3. The minimum absolute atomic E-state index is 0.0159. The molecule has 0 bridgehead atoms. The molecule has 5 rings (SSSR count). The third kappa shape index (κ3) is 4.81. The Labute approximate surface area is 217 Å². The van der Waals surface area contributed by atoms with Gasteiger partial charge in [0.1, 0.15) is 0 Å². The molecule has 0 spiro atoms. The number of thiazole rings is 1. The third-order valence-corrected chi connectivity index (χ3v) is 7.76. The number of halogens is 1. The van der Waals surface area contributed by atoms with Crippen LogP contribution in [0, 0.1) is 0 Å². The summed E-state index contributed by atoms with van der Waals surface area (Å²) in [6, 6.07) is 26.4. The first-order valence-corrected chi connectivity index (χ1v) is 13.4. The topological polar surface area (TPSA) is 37.6 Å². The predicted molar refractivity (Wildman–Crippen MR) is 150 cm³/mol. The Kier molecular flexibility index (Phi) is 6.84. The van der Waals surface area contributed by atoms with Crippen LogP contribution in [0.4, 0.5) is 5.69 Å². The molecule has 0 amide bonds. The highest BCUT2D eigenvalue weighted by Gasteiger charge is 2.22. The summed E-state index contributed by atoms with van der Waals surface area (Å²) in [6.45, 7) is 6.25. The first-order chi connectivity index (χ1) is 17.1. The maximum absolute atomic E-state index is 13.6. The molecule has 4 aromatic rings. The van der Waals surface area contributed by atoms with Crippen LogP contribution in [0.1, 0.15) is 36.6 Å². The molecule has 0 fully saturated rings. The molecule has 1 unspecified atom stereocenters. The minimum Gasteiger partial charge on any atom is -0.372 e. The first-order valence-electron chi connectivity index (χ1n) is 11.8. The molecule has 0 saturated heterocycles. The molecule has 176 valence electrons. The first kappa shape index (κ1) is 23.5. The number of hydrogen-bond donors (Lipinski definition) is 0. The molecular weight excluding hydrogens is 518 g/mol. The summed E-state index contributed by atoms with van der Waals surface area (Å²) in [5, 5.41) is 0. The zero-order valence-electron chi connectivity index (χ0n) is 19.7. The van der Waals surface area contributed by atoms with Gasteiger partial charge in [0.25, 0.3) is 5.56 Å². The Hall–Kier alpha value is -3.22. The summed E-state index contributed by atoms with van der Waals surface area (Å²) >= 11 is 4.96. The van der Waals surface area contributed by atoms with Crippen molar-refractivity contribution < 1.29 is 0 Å². The van der Waals surface area contributed by atoms with Crippen LogP contribution in [0.5, 0.6) is 0 Å². The highest BCUT2D eigenvalue weighted by molar-refractivity contribution is 9.10. The fourth-order valence-corrected chi connectivity index (χ4v) is 5.65. The highest BCUT2D eigenvalue weighted by Crippen LogP contribution is 2.27. The van der Waals surface area contributed by atoms with E-state index in [4.69, 9.17) is 4.99 Å².